The molecule has 3 aromatic carbocycles. The molecule has 204 valence electrons. The molecular weight excluding hydrogens is 494 g/mol. The number of fused-ring (bicyclic) bond motifs is 1. The van der Waals surface area contributed by atoms with Crippen LogP contribution in [-0.4, -0.2) is 41.1 Å². The van der Waals surface area contributed by atoms with Gasteiger partial charge in [-0.05, 0) is 41.5 Å². The zero-order valence-electron chi connectivity index (χ0n) is 22.4. The summed E-state index contributed by atoms with van der Waals surface area (Å²) in [6.45, 7) is 2.60. The third-order valence-electron chi connectivity index (χ3n) is 7.87. The maximum Gasteiger partial charge on any atom is 0.326 e. The standard InChI is InChI=1S/C32H35NO6/c1-21-10-9-15-27(21)39-29(23-13-7-4-8-14-23)31(34)33-19-24-16-17-28(37-2)30(25(24)18-26(33)32(35)36)38-20-22-11-5-3-6-12-22/h3-8,11-14,16-17,21,26-27,29H,9-10,15,18-20H2,1-2H3,(H,35,36)/t21-,26-,27-,29-/m0/s1. The molecule has 1 N–H and O–H groups in total. The molecule has 39 heavy (non-hydrogen) atoms. The number of hydrogen-bond donors (Lipinski definition) is 1. The third kappa shape index (κ3) is 5.78. The van der Waals surface area contributed by atoms with Crippen LogP contribution in [0, 0.1) is 5.92 Å². The summed E-state index contributed by atoms with van der Waals surface area (Å²) in [7, 11) is 1.57. The number of carboxylic acid groups (broad SMARTS) is 1. The predicted molar refractivity (Wildman–Crippen MR) is 147 cm³/mol. The van der Waals surface area contributed by atoms with Crippen LogP contribution in [0.25, 0.3) is 0 Å². The van der Waals surface area contributed by atoms with Gasteiger partial charge in [0.15, 0.2) is 17.6 Å². The number of hydrogen-bond acceptors (Lipinski definition) is 5. The fraction of sp³-hybridized carbons (Fsp3) is 0.375. The van der Waals surface area contributed by atoms with Gasteiger partial charge in [0.2, 0.25) is 0 Å². The summed E-state index contributed by atoms with van der Waals surface area (Å²) in [6.07, 6.45) is 2.21. The van der Waals surface area contributed by atoms with E-state index in [1.807, 2.05) is 72.8 Å². The zero-order chi connectivity index (χ0) is 27.4. The predicted octanol–water partition coefficient (Wildman–Crippen LogP) is 5.56. The highest BCUT2D eigenvalue weighted by molar-refractivity contribution is 5.88. The van der Waals surface area contributed by atoms with Crippen molar-refractivity contribution < 1.29 is 28.9 Å². The van der Waals surface area contributed by atoms with E-state index in [-0.39, 0.29) is 25.0 Å². The Balaban J connectivity index is 1.46. The molecule has 1 fully saturated rings. The average Bonchev–Trinajstić information content (AvgIpc) is 3.38. The van der Waals surface area contributed by atoms with Crippen LogP contribution < -0.4 is 9.47 Å². The van der Waals surface area contributed by atoms with Crippen molar-refractivity contribution in [3.05, 3.63) is 95.1 Å². The molecule has 5 rings (SSSR count). The number of ether oxygens (including phenoxy) is 3. The van der Waals surface area contributed by atoms with Crippen LogP contribution in [0.1, 0.15) is 54.5 Å². The van der Waals surface area contributed by atoms with Crippen molar-refractivity contribution in [3.8, 4) is 11.5 Å². The van der Waals surface area contributed by atoms with Gasteiger partial charge in [-0.15, -0.1) is 0 Å². The fourth-order valence-corrected chi connectivity index (χ4v) is 5.66. The van der Waals surface area contributed by atoms with Crippen molar-refractivity contribution in [1.82, 2.24) is 4.90 Å². The Hall–Kier alpha value is -3.84. The van der Waals surface area contributed by atoms with Gasteiger partial charge < -0.3 is 24.2 Å². The van der Waals surface area contributed by atoms with E-state index in [4.69, 9.17) is 14.2 Å². The number of carboxylic acids is 1. The highest BCUT2D eigenvalue weighted by atomic mass is 16.5. The molecule has 1 aliphatic carbocycles. The molecule has 0 unspecified atom stereocenters. The Morgan fingerprint density at radius 2 is 1.72 bits per heavy atom. The van der Waals surface area contributed by atoms with Gasteiger partial charge in [0.1, 0.15) is 12.6 Å². The summed E-state index contributed by atoms with van der Waals surface area (Å²) in [6, 6.07) is 21.8. The van der Waals surface area contributed by atoms with Crippen molar-refractivity contribution >= 4 is 11.9 Å². The molecule has 4 atom stereocenters. The molecule has 0 saturated heterocycles. The fourth-order valence-electron chi connectivity index (χ4n) is 5.66. The van der Waals surface area contributed by atoms with Crippen molar-refractivity contribution in [2.45, 2.75) is 64.0 Å². The molecule has 0 bridgehead atoms. The van der Waals surface area contributed by atoms with E-state index in [0.717, 1.165) is 41.5 Å². The molecular formula is C32H35NO6. The number of nitrogens with zero attached hydrogens (tertiary/aromatic N) is 1. The lowest BCUT2D eigenvalue weighted by atomic mass is 9.91. The summed E-state index contributed by atoms with van der Waals surface area (Å²) in [5.41, 5.74) is 3.32. The summed E-state index contributed by atoms with van der Waals surface area (Å²) in [4.78, 5) is 28.1. The Labute approximate surface area is 229 Å². The number of aliphatic carboxylic acids is 1. The zero-order valence-corrected chi connectivity index (χ0v) is 22.4. The Bertz CT molecular complexity index is 1290. The second-order valence-corrected chi connectivity index (χ2v) is 10.4. The Kier molecular flexibility index (Phi) is 8.17. The van der Waals surface area contributed by atoms with Crippen molar-refractivity contribution in [2.75, 3.05) is 7.11 Å². The van der Waals surface area contributed by atoms with Crippen LogP contribution in [0.15, 0.2) is 72.8 Å². The molecule has 2 aliphatic rings. The van der Waals surface area contributed by atoms with Gasteiger partial charge in [0.05, 0.1) is 13.2 Å². The van der Waals surface area contributed by atoms with Gasteiger partial charge in [0.25, 0.3) is 5.91 Å². The number of amides is 1. The van der Waals surface area contributed by atoms with Gasteiger partial charge in [-0.25, -0.2) is 4.79 Å². The van der Waals surface area contributed by atoms with Crippen molar-refractivity contribution in [3.63, 3.8) is 0 Å². The SMILES string of the molecule is COc1ccc2c(c1OCc1ccccc1)C[C@@H](C(=O)O)N(C(=O)[C@@H](O[C@H]1CCC[C@@H]1C)c1ccccc1)C2. The molecule has 1 aliphatic heterocycles. The smallest absolute Gasteiger partial charge is 0.326 e. The quantitative estimate of drug-likeness (QED) is 0.391. The Morgan fingerprint density at radius 3 is 2.36 bits per heavy atom. The summed E-state index contributed by atoms with van der Waals surface area (Å²) in [5.74, 6) is 0.00750. The monoisotopic (exact) mass is 529 g/mol. The molecule has 1 amide bonds. The van der Waals surface area contributed by atoms with Crippen LogP contribution >= 0.6 is 0 Å². The highest BCUT2D eigenvalue weighted by Gasteiger charge is 2.41. The number of carbonyl (C=O) groups excluding carboxylic acids is 1. The van der Waals surface area contributed by atoms with Gasteiger partial charge >= 0.3 is 5.97 Å². The lowest BCUT2D eigenvalue weighted by Crippen LogP contribution is -2.51. The number of carbonyl (C=O) groups is 2. The molecule has 0 radical (unpaired) electrons. The van der Waals surface area contributed by atoms with Crippen LogP contribution in [0.2, 0.25) is 0 Å². The first-order valence-electron chi connectivity index (χ1n) is 13.6. The minimum Gasteiger partial charge on any atom is -0.493 e. The highest BCUT2D eigenvalue weighted by Crippen LogP contribution is 2.40. The molecule has 0 spiro atoms. The third-order valence-corrected chi connectivity index (χ3v) is 7.87. The maximum absolute atomic E-state index is 14.1. The summed E-state index contributed by atoms with van der Waals surface area (Å²) >= 11 is 0. The first-order chi connectivity index (χ1) is 19.0. The van der Waals surface area contributed by atoms with Crippen molar-refractivity contribution in [1.29, 1.82) is 0 Å². The average molecular weight is 530 g/mol. The van der Waals surface area contributed by atoms with E-state index in [9.17, 15) is 14.7 Å². The summed E-state index contributed by atoms with van der Waals surface area (Å²) < 4.78 is 18.2. The second kappa shape index (κ2) is 11.9. The lowest BCUT2D eigenvalue weighted by molar-refractivity contribution is -0.161. The molecule has 3 aromatic rings. The van der Waals surface area contributed by atoms with Gasteiger partial charge in [-0.3, -0.25) is 4.79 Å². The normalized spacial score (nSPS) is 21.2. The summed E-state index contributed by atoms with van der Waals surface area (Å²) in [5, 5.41) is 10.3. The van der Waals surface area contributed by atoms with Gasteiger partial charge in [-0.2, -0.15) is 0 Å². The number of methoxy groups -OCH3 is 1. The topological polar surface area (TPSA) is 85.3 Å². The van der Waals surface area contributed by atoms with E-state index >= 15 is 0 Å². The first-order valence-corrected chi connectivity index (χ1v) is 13.6. The van der Waals surface area contributed by atoms with Crippen molar-refractivity contribution in [2.24, 2.45) is 5.92 Å². The minimum absolute atomic E-state index is 0.0400. The van der Waals surface area contributed by atoms with E-state index in [2.05, 4.69) is 6.92 Å². The number of benzene rings is 3. The van der Waals surface area contributed by atoms with E-state index in [0.29, 0.717) is 24.0 Å². The first kappa shape index (κ1) is 26.8. The van der Waals surface area contributed by atoms with Crippen LogP contribution in [-0.2, 0) is 33.9 Å². The molecule has 0 aromatic heterocycles. The van der Waals surface area contributed by atoms with Crippen LogP contribution in [0.5, 0.6) is 11.5 Å². The van der Waals surface area contributed by atoms with E-state index in [1.165, 1.54) is 4.90 Å². The molecule has 7 nitrogen and oxygen atoms in total. The van der Waals surface area contributed by atoms with E-state index in [1.54, 1.807) is 7.11 Å². The van der Waals surface area contributed by atoms with Crippen LogP contribution in [0.3, 0.4) is 0 Å². The molecule has 1 heterocycles. The largest absolute Gasteiger partial charge is 0.493 e. The Morgan fingerprint density at radius 1 is 1.00 bits per heavy atom. The maximum atomic E-state index is 14.1. The number of rotatable bonds is 9. The van der Waals surface area contributed by atoms with Gasteiger partial charge in [0, 0.05) is 18.5 Å². The van der Waals surface area contributed by atoms with E-state index < -0.39 is 18.1 Å². The minimum atomic E-state index is -1.06. The molecule has 7 heteroatoms. The lowest BCUT2D eigenvalue weighted by Gasteiger charge is -2.38. The molecule has 1 saturated carbocycles. The van der Waals surface area contributed by atoms with Gasteiger partial charge in [-0.1, -0.05) is 80.1 Å². The second-order valence-electron chi connectivity index (χ2n) is 10.4. The van der Waals surface area contributed by atoms with Crippen LogP contribution in [0.4, 0.5) is 0 Å².